The third-order valence-electron chi connectivity index (χ3n) is 3.06. The number of amides is 1. The molecule has 0 heterocycles. The molecule has 104 valence electrons. The average Bonchev–Trinajstić information content (AvgIpc) is 2.42. The van der Waals surface area contributed by atoms with Crippen LogP contribution in [0.4, 0.5) is 0 Å². The van der Waals surface area contributed by atoms with Gasteiger partial charge in [0.2, 0.25) is 5.91 Å². The van der Waals surface area contributed by atoms with Crippen LogP contribution in [0.2, 0.25) is 10.0 Å². The molecule has 0 aliphatic carbocycles. The molecule has 1 amide bonds. The fraction of sp³-hybridized carbons (Fsp3) is 0.188. The van der Waals surface area contributed by atoms with Crippen molar-refractivity contribution < 1.29 is 4.79 Å². The molecule has 0 bridgehead atoms. The second-order valence-corrected chi connectivity index (χ2v) is 5.45. The van der Waals surface area contributed by atoms with Crippen LogP contribution in [0.3, 0.4) is 0 Å². The van der Waals surface area contributed by atoms with Gasteiger partial charge in [0.25, 0.3) is 0 Å². The van der Waals surface area contributed by atoms with Crippen LogP contribution in [-0.4, -0.2) is 5.91 Å². The van der Waals surface area contributed by atoms with E-state index in [1.165, 1.54) is 0 Å². The van der Waals surface area contributed by atoms with Crippen molar-refractivity contribution in [2.45, 2.75) is 19.4 Å². The molecule has 0 radical (unpaired) electrons. The summed E-state index contributed by atoms with van der Waals surface area (Å²) in [5.74, 6) is -0.0550. The molecular formula is C16H15Cl2NO. The second-order valence-electron chi connectivity index (χ2n) is 4.61. The fourth-order valence-electron chi connectivity index (χ4n) is 1.94. The molecule has 0 saturated carbocycles. The Labute approximate surface area is 128 Å². The van der Waals surface area contributed by atoms with Gasteiger partial charge >= 0.3 is 0 Å². The number of hydrogen-bond acceptors (Lipinski definition) is 1. The van der Waals surface area contributed by atoms with E-state index >= 15 is 0 Å². The average molecular weight is 308 g/mol. The first-order valence-electron chi connectivity index (χ1n) is 6.34. The molecule has 0 aliphatic heterocycles. The Balaban J connectivity index is 1.98. The Morgan fingerprint density at radius 1 is 1.10 bits per heavy atom. The number of benzene rings is 2. The fourth-order valence-corrected chi connectivity index (χ4v) is 2.27. The van der Waals surface area contributed by atoms with E-state index in [1.807, 2.05) is 49.4 Å². The summed E-state index contributed by atoms with van der Waals surface area (Å²) < 4.78 is 0. The second kappa shape index (κ2) is 6.78. The van der Waals surface area contributed by atoms with Crippen LogP contribution in [0.25, 0.3) is 0 Å². The molecule has 1 N–H and O–H groups in total. The van der Waals surface area contributed by atoms with Crippen LogP contribution in [-0.2, 0) is 11.2 Å². The van der Waals surface area contributed by atoms with Crippen LogP contribution >= 0.6 is 23.2 Å². The van der Waals surface area contributed by atoms with Crippen molar-refractivity contribution in [1.82, 2.24) is 5.32 Å². The largest absolute Gasteiger partial charge is 0.349 e. The highest BCUT2D eigenvalue weighted by Gasteiger charge is 2.11. The van der Waals surface area contributed by atoms with Gasteiger partial charge in [-0.2, -0.15) is 0 Å². The quantitative estimate of drug-likeness (QED) is 0.890. The molecule has 2 rings (SSSR count). The van der Waals surface area contributed by atoms with Gasteiger partial charge in [0.15, 0.2) is 0 Å². The number of hydrogen-bond donors (Lipinski definition) is 1. The zero-order valence-corrected chi connectivity index (χ0v) is 12.6. The Morgan fingerprint density at radius 3 is 2.40 bits per heavy atom. The lowest BCUT2D eigenvalue weighted by molar-refractivity contribution is -0.121. The van der Waals surface area contributed by atoms with E-state index in [1.54, 1.807) is 6.07 Å². The lowest BCUT2D eigenvalue weighted by Gasteiger charge is -2.14. The number of nitrogens with one attached hydrogen (secondary N) is 1. The number of halogens is 2. The van der Waals surface area contributed by atoms with Gasteiger partial charge in [-0.15, -0.1) is 0 Å². The molecule has 0 aliphatic rings. The van der Waals surface area contributed by atoms with Gasteiger partial charge in [-0.3, -0.25) is 4.79 Å². The Bertz CT molecular complexity index is 596. The normalized spacial score (nSPS) is 11.9. The maximum atomic E-state index is 12.0. The maximum Gasteiger partial charge on any atom is 0.224 e. The van der Waals surface area contributed by atoms with Gasteiger partial charge in [-0.25, -0.2) is 0 Å². The summed E-state index contributed by atoms with van der Waals surface area (Å²) in [7, 11) is 0. The third-order valence-corrected chi connectivity index (χ3v) is 3.68. The minimum Gasteiger partial charge on any atom is -0.349 e. The monoisotopic (exact) mass is 307 g/mol. The summed E-state index contributed by atoms with van der Waals surface area (Å²) in [4.78, 5) is 12.0. The zero-order chi connectivity index (χ0) is 14.5. The Morgan fingerprint density at radius 2 is 1.75 bits per heavy atom. The van der Waals surface area contributed by atoms with Crippen molar-refractivity contribution in [3.8, 4) is 0 Å². The highest BCUT2D eigenvalue weighted by molar-refractivity contribution is 6.31. The molecule has 0 spiro atoms. The predicted octanol–water partition coefficient (Wildman–Crippen LogP) is 4.41. The first-order valence-corrected chi connectivity index (χ1v) is 7.10. The van der Waals surface area contributed by atoms with Gasteiger partial charge < -0.3 is 5.32 Å². The maximum absolute atomic E-state index is 12.0. The molecule has 1 atom stereocenters. The van der Waals surface area contributed by atoms with E-state index in [9.17, 15) is 4.79 Å². The molecule has 20 heavy (non-hydrogen) atoms. The minimum absolute atomic E-state index is 0.0550. The first kappa shape index (κ1) is 14.9. The number of rotatable bonds is 4. The number of carbonyl (C=O) groups is 1. The Kier molecular flexibility index (Phi) is 5.05. The van der Waals surface area contributed by atoms with E-state index < -0.39 is 0 Å². The first-order chi connectivity index (χ1) is 9.56. The van der Waals surface area contributed by atoms with Crippen molar-refractivity contribution in [1.29, 1.82) is 0 Å². The molecule has 2 nitrogen and oxygen atoms in total. The van der Waals surface area contributed by atoms with E-state index in [4.69, 9.17) is 23.2 Å². The molecule has 2 aromatic rings. The Hall–Kier alpha value is -1.51. The summed E-state index contributed by atoms with van der Waals surface area (Å²) in [6.07, 6.45) is 0.275. The standard InChI is InChI=1S/C16H15Cl2NO/c1-11(12-6-8-14(17)9-7-12)19-16(20)10-13-4-2-3-5-15(13)18/h2-9,11H,10H2,1H3,(H,19,20)/t11-/m1/s1. The molecule has 0 saturated heterocycles. The summed E-state index contributed by atoms with van der Waals surface area (Å²) in [6.45, 7) is 1.94. The van der Waals surface area contributed by atoms with Crippen LogP contribution in [0, 0.1) is 0 Å². The van der Waals surface area contributed by atoms with Crippen molar-refractivity contribution >= 4 is 29.1 Å². The molecule has 0 fully saturated rings. The summed E-state index contributed by atoms with van der Waals surface area (Å²) in [6, 6.07) is 14.7. The van der Waals surface area contributed by atoms with Crippen molar-refractivity contribution in [2.24, 2.45) is 0 Å². The molecular weight excluding hydrogens is 293 g/mol. The van der Waals surface area contributed by atoms with Gasteiger partial charge in [0.1, 0.15) is 0 Å². The van der Waals surface area contributed by atoms with Gasteiger partial charge in [0.05, 0.1) is 12.5 Å². The van der Waals surface area contributed by atoms with Gasteiger partial charge in [0, 0.05) is 10.0 Å². The van der Waals surface area contributed by atoms with Crippen molar-refractivity contribution in [3.63, 3.8) is 0 Å². The lowest BCUT2D eigenvalue weighted by atomic mass is 10.1. The smallest absolute Gasteiger partial charge is 0.224 e. The van der Waals surface area contributed by atoms with Gasteiger partial charge in [-0.05, 0) is 36.2 Å². The van der Waals surface area contributed by atoms with E-state index in [2.05, 4.69) is 5.32 Å². The van der Waals surface area contributed by atoms with E-state index in [0.717, 1.165) is 11.1 Å². The predicted molar refractivity (Wildman–Crippen MR) is 83.2 cm³/mol. The van der Waals surface area contributed by atoms with Crippen LogP contribution in [0.5, 0.6) is 0 Å². The minimum atomic E-state index is -0.0674. The zero-order valence-electron chi connectivity index (χ0n) is 11.1. The molecule has 0 unspecified atom stereocenters. The highest BCUT2D eigenvalue weighted by Crippen LogP contribution is 2.18. The third kappa shape index (κ3) is 3.99. The molecule has 0 aromatic heterocycles. The van der Waals surface area contributed by atoms with Gasteiger partial charge in [-0.1, -0.05) is 53.5 Å². The molecule has 2 aromatic carbocycles. The number of carbonyl (C=O) groups excluding carboxylic acids is 1. The van der Waals surface area contributed by atoms with Crippen LogP contribution in [0.15, 0.2) is 48.5 Å². The van der Waals surface area contributed by atoms with Crippen LogP contribution in [0.1, 0.15) is 24.1 Å². The van der Waals surface area contributed by atoms with Crippen molar-refractivity contribution in [3.05, 3.63) is 69.7 Å². The topological polar surface area (TPSA) is 29.1 Å². The summed E-state index contributed by atoms with van der Waals surface area (Å²) in [5, 5.41) is 4.25. The lowest BCUT2D eigenvalue weighted by Crippen LogP contribution is -2.28. The summed E-state index contributed by atoms with van der Waals surface area (Å²) >= 11 is 11.9. The van der Waals surface area contributed by atoms with Crippen molar-refractivity contribution in [2.75, 3.05) is 0 Å². The van der Waals surface area contributed by atoms with Crippen LogP contribution < -0.4 is 5.32 Å². The van der Waals surface area contributed by atoms with E-state index in [-0.39, 0.29) is 18.4 Å². The van der Waals surface area contributed by atoms with E-state index in [0.29, 0.717) is 10.0 Å². The summed E-state index contributed by atoms with van der Waals surface area (Å²) in [5.41, 5.74) is 1.84. The SMILES string of the molecule is C[C@@H](NC(=O)Cc1ccccc1Cl)c1ccc(Cl)cc1. The molecule has 4 heteroatoms. The highest BCUT2D eigenvalue weighted by atomic mass is 35.5.